The Bertz CT molecular complexity index is 121. The maximum Gasteiger partial charge on any atom is 0.412 e. The van der Waals surface area contributed by atoms with Crippen LogP contribution < -0.4 is 0 Å². The number of hydrogen-bond acceptors (Lipinski definition) is 0. The van der Waals surface area contributed by atoms with Crippen LogP contribution in [-0.2, 0) is 0 Å². The van der Waals surface area contributed by atoms with Crippen LogP contribution in [0.3, 0.4) is 0 Å². The Hall–Kier alpha value is -0.470. The van der Waals surface area contributed by atoms with E-state index >= 15 is 0 Å². The van der Waals surface area contributed by atoms with Gasteiger partial charge in [0.15, 0.2) is 0 Å². The molecule has 10 heavy (non-hydrogen) atoms. The van der Waals surface area contributed by atoms with Gasteiger partial charge in [-0.3, -0.25) is 0 Å². The fraction of sp³-hybridized carbons (Fsp3) is 0.571. The second kappa shape index (κ2) is 3.64. The molecule has 0 amide bonds. The minimum absolute atomic E-state index is 0.0268. The fourth-order valence-electron chi connectivity index (χ4n) is 0.635. The Kier molecular flexibility index (Phi) is 3.47. The molecular weight excluding hydrogens is 141 g/mol. The van der Waals surface area contributed by atoms with Gasteiger partial charge in [0, 0.05) is 5.57 Å². The van der Waals surface area contributed by atoms with Crippen molar-refractivity contribution >= 4 is 0 Å². The van der Waals surface area contributed by atoms with Crippen molar-refractivity contribution in [1.82, 2.24) is 0 Å². The lowest BCUT2D eigenvalue weighted by Gasteiger charge is -2.07. The van der Waals surface area contributed by atoms with Crippen LogP contribution in [0, 0.1) is 6.92 Å². The average molecular weight is 151 g/mol. The third-order valence-electron chi connectivity index (χ3n) is 1.14. The summed E-state index contributed by atoms with van der Waals surface area (Å²) in [6, 6.07) is 0. The summed E-state index contributed by atoms with van der Waals surface area (Å²) in [5, 5.41) is 0. The highest BCUT2D eigenvalue weighted by Crippen LogP contribution is 2.27. The molecule has 0 nitrogen and oxygen atoms in total. The summed E-state index contributed by atoms with van der Waals surface area (Å²) in [7, 11) is 0. The molecule has 0 aliphatic rings. The standard InChI is InChI=1S/C7H10F3/c1-3-5-6(4-2)7(8,9)10/h5H,1,3-4H2,2H3/b6-5-. The molecule has 0 N–H and O–H groups in total. The fourth-order valence-corrected chi connectivity index (χ4v) is 0.635. The van der Waals surface area contributed by atoms with E-state index in [4.69, 9.17) is 0 Å². The van der Waals surface area contributed by atoms with Crippen molar-refractivity contribution in [2.24, 2.45) is 0 Å². The Morgan fingerprint density at radius 1 is 1.50 bits per heavy atom. The van der Waals surface area contributed by atoms with Crippen LogP contribution in [0.25, 0.3) is 0 Å². The molecule has 0 heterocycles. The van der Waals surface area contributed by atoms with Crippen molar-refractivity contribution in [3.63, 3.8) is 0 Å². The highest BCUT2D eigenvalue weighted by atomic mass is 19.4. The minimum Gasteiger partial charge on any atom is -0.166 e. The first-order valence-electron chi connectivity index (χ1n) is 3.07. The van der Waals surface area contributed by atoms with E-state index in [1.54, 1.807) is 0 Å². The van der Waals surface area contributed by atoms with E-state index in [0.29, 0.717) is 0 Å². The van der Waals surface area contributed by atoms with Gasteiger partial charge in [0.05, 0.1) is 0 Å². The van der Waals surface area contributed by atoms with Crippen LogP contribution in [-0.4, -0.2) is 6.18 Å². The van der Waals surface area contributed by atoms with Gasteiger partial charge in [-0.1, -0.05) is 13.0 Å². The maximum atomic E-state index is 11.8. The molecule has 0 unspecified atom stereocenters. The highest BCUT2D eigenvalue weighted by molar-refractivity contribution is 5.08. The van der Waals surface area contributed by atoms with Crippen LogP contribution in [0.15, 0.2) is 11.6 Å². The zero-order valence-electron chi connectivity index (χ0n) is 5.83. The average Bonchev–Trinajstić information content (AvgIpc) is 1.80. The number of allylic oxidation sites excluding steroid dienone is 2. The van der Waals surface area contributed by atoms with Crippen LogP contribution >= 0.6 is 0 Å². The predicted octanol–water partition coefficient (Wildman–Crippen LogP) is 3.11. The van der Waals surface area contributed by atoms with Gasteiger partial charge in [-0.15, -0.1) is 0 Å². The molecule has 0 aliphatic heterocycles. The lowest BCUT2D eigenvalue weighted by molar-refractivity contribution is -0.0937. The number of alkyl halides is 3. The van der Waals surface area contributed by atoms with E-state index in [0.717, 1.165) is 6.08 Å². The molecule has 0 atom stereocenters. The molecule has 0 fully saturated rings. The summed E-state index contributed by atoms with van der Waals surface area (Å²) in [6.07, 6.45) is -2.83. The molecule has 0 saturated heterocycles. The van der Waals surface area contributed by atoms with Crippen molar-refractivity contribution < 1.29 is 13.2 Å². The van der Waals surface area contributed by atoms with Crippen molar-refractivity contribution in [2.45, 2.75) is 25.9 Å². The molecule has 0 aromatic rings. The Labute approximate surface area is 58.7 Å². The molecule has 0 aromatic heterocycles. The van der Waals surface area contributed by atoms with Gasteiger partial charge in [-0.05, 0) is 19.8 Å². The topological polar surface area (TPSA) is 0 Å². The van der Waals surface area contributed by atoms with Crippen molar-refractivity contribution in [3.8, 4) is 0 Å². The van der Waals surface area contributed by atoms with Gasteiger partial charge >= 0.3 is 6.18 Å². The summed E-state index contributed by atoms with van der Waals surface area (Å²) in [5.74, 6) is 0. The molecule has 0 rings (SSSR count). The normalized spacial score (nSPS) is 13.9. The van der Waals surface area contributed by atoms with Crippen LogP contribution in [0.5, 0.6) is 0 Å². The molecule has 0 aliphatic carbocycles. The summed E-state index contributed by atoms with van der Waals surface area (Å²) in [4.78, 5) is 0. The van der Waals surface area contributed by atoms with Crippen LogP contribution in [0.2, 0.25) is 0 Å². The second-order valence-electron chi connectivity index (χ2n) is 1.87. The predicted molar refractivity (Wildman–Crippen MR) is 34.4 cm³/mol. The lowest BCUT2D eigenvalue weighted by Crippen LogP contribution is -2.10. The van der Waals surface area contributed by atoms with E-state index in [1.165, 1.54) is 6.92 Å². The summed E-state index contributed by atoms with van der Waals surface area (Å²) in [5.41, 5.74) is -0.484. The molecule has 0 spiro atoms. The zero-order chi connectivity index (χ0) is 8.20. The van der Waals surface area contributed by atoms with Crippen LogP contribution in [0.1, 0.15) is 19.8 Å². The van der Waals surface area contributed by atoms with Crippen molar-refractivity contribution in [3.05, 3.63) is 18.6 Å². The van der Waals surface area contributed by atoms with Gasteiger partial charge in [-0.25, -0.2) is 0 Å². The molecule has 3 heteroatoms. The smallest absolute Gasteiger partial charge is 0.166 e. The van der Waals surface area contributed by atoms with E-state index in [1.807, 2.05) is 0 Å². The third-order valence-corrected chi connectivity index (χ3v) is 1.14. The Morgan fingerprint density at radius 2 is 2.00 bits per heavy atom. The van der Waals surface area contributed by atoms with E-state index in [2.05, 4.69) is 6.92 Å². The first kappa shape index (κ1) is 9.53. The minimum atomic E-state index is -4.16. The maximum absolute atomic E-state index is 11.8. The zero-order valence-corrected chi connectivity index (χ0v) is 5.83. The van der Waals surface area contributed by atoms with E-state index in [-0.39, 0.29) is 12.8 Å². The number of halogens is 3. The van der Waals surface area contributed by atoms with Crippen molar-refractivity contribution in [2.75, 3.05) is 0 Å². The SMILES string of the molecule is [CH2]C/C=C(/CC)C(F)(F)F. The van der Waals surface area contributed by atoms with Crippen molar-refractivity contribution in [1.29, 1.82) is 0 Å². The molecule has 0 aromatic carbocycles. The Morgan fingerprint density at radius 3 is 2.10 bits per heavy atom. The second-order valence-corrected chi connectivity index (χ2v) is 1.87. The molecule has 0 bridgehead atoms. The molecule has 59 valence electrons. The Balaban J connectivity index is 4.21. The molecule has 0 saturated carbocycles. The number of hydrogen-bond donors (Lipinski definition) is 0. The summed E-state index contributed by atoms with van der Waals surface area (Å²) in [6.45, 7) is 4.79. The number of rotatable bonds is 2. The first-order valence-corrected chi connectivity index (χ1v) is 3.07. The first-order chi connectivity index (χ1) is 4.52. The third kappa shape index (κ3) is 2.90. The van der Waals surface area contributed by atoms with Gasteiger partial charge in [0.2, 0.25) is 0 Å². The molecular formula is C7H10F3. The molecule has 1 radical (unpaired) electrons. The van der Waals surface area contributed by atoms with Gasteiger partial charge in [-0.2, -0.15) is 13.2 Å². The summed E-state index contributed by atoms with van der Waals surface area (Å²) >= 11 is 0. The van der Waals surface area contributed by atoms with Gasteiger partial charge in [0.1, 0.15) is 0 Å². The van der Waals surface area contributed by atoms with Gasteiger partial charge < -0.3 is 0 Å². The lowest BCUT2D eigenvalue weighted by atomic mass is 10.1. The highest BCUT2D eigenvalue weighted by Gasteiger charge is 2.31. The van der Waals surface area contributed by atoms with Gasteiger partial charge in [0.25, 0.3) is 0 Å². The largest absolute Gasteiger partial charge is 0.412 e. The quantitative estimate of drug-likeness (QED) is 0.532. The van der Waals surface area contributed by atoms with Crippen LogP contribution in [0.4, 0.5) is 13.2 Å². The monoisotopic (exact) mass is 151 g/mol. The summed E-state index contributed by atoms with van der Waals surface area (Å²) < 4.78 is 35.4. The van der Waals surface area contributed by atoms with E-state index < -0.39 is 11.7 Å². The van der Waals surface area contributed by atoms with E-state index in [9.17, 15) is 13.2 Å².